The summed E-state index contributed by atoms with van der Waals surface area (Å²) in [5, 5.41) is 0. The third kappa shape index (κ3) is 7.29. The van der Waals surface area contributed by atoms with Crippen molar-refractivity contribution in [2.45, 2.75) is 12.4 Å². The molecule has 0 atom stereocenters. The van der Waals surface area contributed by atoms with E-state index in [1.165, 1.54) is 24.3 Å². The molecule has 0 aliphatic heterocycles. The molecule has 6 aromatic rings. The molecule has 0 N–H and O–H groups in total. The van der Waals surface area contributed by atoms with Crippen LogP contribution in [0.5, 0.6) is 0 Å². The van der Waals surface area contributed by atoms with Gasteiger partial charge >= 0.3 is 12.4 Å². The molecule has 0 heterocycles. The van der Waals surface area contributed by atoms with Gasteiger partial charge in [0.25, 0.3) is 11.6 Å². The number of carbonyl (C=O) groups is 2. The molecule has 0 bridgehead atoms. The molecule has 0 radical (unpaired) electrons. The smallest absolute Gasteiger partial charge is 0.311 e. The highest BCUT2D eigenvalue weighted by Gasteiger charge is 2.40. The maximum Gasteiger partial charge on any atom is 0.454 e. The van der Waals surface area contributed by atoms with Gasteiger partial charge in [0.2, 0.25) is 0 Å². The molecule has 0 spiro atoms. The minimum atomic E-state index is -4.97. The van der Waals surface area contributed by atoms with Crippen LogP contribution in [0.25, 0.3) is 11.1 Å². The average Bonchev–Trinajstić information content (AvgIpc) is 3.13. The fourth-order valence-electron chi connectivity index (χ4n) is 5.51. The molecular weight excluding hydrogens is 654 g/mol. The van der Waals surface area contributed by atoms with Gasteiger partial charge in [-0.3, -0.25) is 9.59 Å². The largest absolute Gasteiger partial charge is 0.454 e. The standard InChI is InChI=1S/C40H26F6N2O2/c41-39(42,43)37(49)29-15-23-35(24-16-29)47(31-7-3-1-4-8-31)33-19-11-27(12-20-33)28-13-21-34(22-14-28)48(32-9-5-2-6-10-32)36-25-17-30(18-26-36)38(50)40(44,45)46/h1-26H. The zero-order chi connectivity index (χ0) is 35.5. The van der Waals surface area contributed by atoms with Gasteiger partial charge in [-0.05, 0) is 108 Å². The number of alkyl halides is 6. The predicted octanol–water partition coefficient (Wildman–Crippen LogP) is 11.8. The summed E-state index contributed by atoms with van der Waals surface area (Å²) in [5.74, 6) is -3.82. The van der Waals surface area contributed by atoms with Crippen LogP contribution in [-0.4, -0.2) is 23.9 Å². The topological polar surface area (TPSA) is 40.6 Å². The molecule has 0 aliphatic rings. The van der Waals surface area contributed by atoms with E-state index in [9.17, 15) is 35.9 Å². The second kappa shape index (κ2) is 13.8. The number of halogens is 6. The Morgan fingerprint density at radius 3 is 0.840 bits per heavy atom. The number of para-hydroxylation sites is 2. The fraction of sp³-hybridized carbons (Fsp3) is 0.0500. The Balaban J connectivity index is 1.29. The Bertz CT molecular complexity index is 1920. The second-order valence-electron chi connectivity index (χ2n) is 11.2. The number of anilines is 6. The average molecular weight is 681 g/mol. The van der Waals surface area contributed by atoms with Crippen LogP contribution >= 0.6 is 0 Å². The summed E-state index contributed by atoms with van der Waals surface area (Å²) >= 11 is 0. The minimum Gasteiger partial charge on any atom is -0.311 e. The molecule has 0 aromatic heterocycles. The van der Waals surface area contributed by atoms with Crippen LogP contribution in [0.2, 0.25) is 0 Å². The quantitative estimate of drug-likeness (QED) is 0.113. The highest BCUT2D eigenvalue weighted by molar-refractivity contribution is 6.01. The van der Waals surface area contributed by atoms with Gasteiger partial charge in [0, 0.05) is 45.3 Å². The van der Waals surface area contributed by atoms with Crippen molar-refractivity contribution in [3.8, 4) is 11.1 Å². The minimum absolute atomic E-state index is 0.451. The van der Waals surface area contributed by atoms with Crippen LogP contribution in [0.15, 0.2) is 158 Å². The molecule has 0 unspecified atom stereocenters. The van der Waals surface area contributed by atoms with E-state index in [-0.39, 0.29) is 0 Å². The highest BCUT2D eigenvalue weighted by Crippen LogP contribution is 2.38. The number of nitrogens with zero attached hydrogens (tertiary/aromatic N) is 2. The molecule has 50 heavy (non-hydrogen) atoms. The summed E-state index contributed by atoms with van der Waals surface area (Å²) in [6.45, 7) is 0. The van der Waals surface area contributed by atoms with Crippen LogP contribution in [0.3, 0.4) is 0 Å². The summed E-state index contributed by atoms with van der Waals surface area (Å²) in [4.78, 5) is 27.2. The Morgan fingerprint density at radius 1 is 0.340 bits per heavy atom. The second-order valence-corrected chi connectivity index (χ2v) is 11.2. The van der Waals surface area contributed by atoms with E-state index < -0.39 is 35.0 Å². The SMILES string of the molecule is O=C(c1ccc(N(c2ccccc2)c2ccc(-c3ccc(N(c4ccccc4)c4ccc(C(=O)C(F)(F)F)cc4)cc3)cc2)cc1)C(F)(F)F. The van der Waals surface area contributed by atoms with Crippen LogP contribution in [-0.2, 0) is 0 Å². The van der Waals surface area contributed by atoms with Crippen molar-refractivity contribution < 1.29 is 35.9 Å². The van der Waals surface area contributed by atoms with Crippen LogP contribution in [0.4, 0.5) is 60.5 Å². The molecular formula is C40H26F6N2O2. The number of rotatable bonds is 9. The molecule has 0 amide bonds. The van der Waals surface area contributed by atoms with Crippen molar-refractivity contribution in [3.63, 3.8) is 0 Å². The Morgan fingerprint density at radius 2 is 0.580 bits per heavy atom. The molecule has 0 saturated carbocycles. The number of benzene rings is 6. The number of ketones is 2. The highest BCUT2D eigenvalue weighted by atomic mass is 19.4. The number of Topliss-reactive ketones (excluding diaryl/α,β-unsaturated/α-hetero) is 2. The van der Waals surface area contributed by atoms with Crippen molar-refractivity contribution in [2.24, 2.45) is 0 Å². The Labute approximate surface area is 283 Å². The van der Waals surface area contributed by atoms with Crippen molar-refractivity contribution in [1.82, 2.24) is 0 Å². The lowest BCUT2D eigenvalue weighted by atomic mass is 10.0. The monoisotopic (exact) mass is 680 g/mol. The van der Waals surface area contributed by atoms with Gasteiger partial charge in [0.05, 0.1) is 0 Å². The molecule has 0 aliphatic carbocycles. The third-order valence-corrected chi connectivity index (χ3v) is 7.90. The lowest BCUT2D eigenvalue weighted by Crippen LogP contribution is -2.22. The van der Waals surface area contributed by atoms with Gasteiger partial charge in [-0.25, -0.2) is 0 Å². The Hall–Kier alpha value is -6.16. The van der Waals surface area contributed by atoms with E-state index in [0.29, 0.717) is 11.4 Å². The zero-order valence-corrected chi connectivity index (χ0v) is 26.0. The summed E-state index contributed by atoms with van der Waals surface area (Å²) in [5.41, 5.74) is 4.95. The van der Waals surface area contributed by atoms with Gasteiger partial charge in [-0.2, -0.15) is 26.3 Å². The van der Waals surface area contributed by atoms with E-state index >= 15 is 0 Å². The van der Waals surface area contributed by atoms with Gasteiger partial charge in [-0.15, -0.1) is 0 Å². The maximum atomic E-state index is 13.0. The molecule has 6 aromatic carbocycles. The first kappa shape index (κ1) is 33.7. The van der Waals surface area contributed by atoms with E-state index in [1.807, 2.05) is 119 Å². The maximum absolute atomic E-state index is 13.0. The molecule has 0 saturated heterocycles. The van der Waals surface area contributed by atoms with Crippen molar-refractivity contribution in [1.29, 1.82) is 0 Å². The van der Waals surface area contributed by atoms with Crippen molar-refractivity contribution in [2.75, 3.05) is 9.80 Å². The summed E-state index contributed by atoms with van der Waals surface area (Å²) < 4.78 is 77.9. The third-order valence-electron chi connectivity index (χ3n) is 7.90. The van der Waals surface area contributed by atoms with Crippen molar-refractivity contribution >= 4 is 45.7 Å². The number of carbonyl (C=O) groups excluding carboxylic acids is 2. The molecule has 10 heteroatoms. The van der Waals surface area contributed by atoms with E-state index in [1.54, 1.807) is 0 Å². The first-order chi connectivity index (χ1) is 23.9. The van der Waals surface area contributed by atoms with Gasteiger partial charge in [0.15, 0.2) is 0 Å². The van der Waals surface area contributed by atoms with Crippen LogP contribution < -0.4 is 9.80 Å². The Kier molecular flexibility index (Phi) is 9.28. The van der Waals surface area contributed by atoms with Crippen molar-refractivity contribution in [3.05, 3.63) is 169 Å². The van der Waals surface area contributed by atoms with E-state index in [4.69, 9.17) is 0 Å². The molecule has 250 valence electrons. The summed E-state index contributed by atoms with van der Waals surface area (Å²) in [6, 6.07) is 44.2. The lowest BCUT2D eigenvalue weighted by Gasteiger charge is -2.26. The molecule has 6 rings (SSSR count). The van der Waals surface area contributed by atoms with Gasteiger partial charge < -0.3 is 9.80 Å². The number of hydrogen-bond acceptors (Lipinski definition) is 4. The number of hydrogen-bond donors (Lipinski definition) is 0. The lowest BCUT2D eigenvalue weighted by molar-refractivity contribution is -0.0888. The normalized spacial score (nSPS) is 11.6. The molecule has 0 fully saturated rings. The van der Waals surface area contributed by atoms with Crippen LogP contribution in [0, 0.1) is 0 Å². The summed E-state index contributed by atoms with van der Waals surface area (Å²) in [6.07, 6.45) is -9.94. The molecule has 4 nitrogen and oxygen atoms in total. The zero-order valence-electron chi connectivity index (χ0n) is 26.0. The van der Waals surface area contributed by atoms with E-state index in [2.05, 4.69) is 0 Å². The van der Waals surface area contributed by atoms with E-state index in [0.717, 1.165) is 58.1 Å². The first-order valence-corrected chi connectivity index (χ1v) is 15.2. The fourth-order valence-corrected chi connectivity index (χ4v) is 5.51. The van der Waals surface area contributed by atoms with Crippen LogP contribution in [0.1, 0.15) is 20.7 Å². The first-order valence-electron chi connectivity index (χ1n) is 15.2. The predicted molar refractivity (Wildman–Crippen MR) is 182 cm³/mol. The van der Waals surface area contributed by atoms with Gasteiger partial charge in [-0.1, -0.05) is 60.7 Å². The van der Waals surface area contributed by atoms with Gasteiger partial charge in [0.1, 0.15) is 0 Å². The summed E-state index contributed by atoms with van der Waals surface area (Å²) in [7, 11) is 0.